The first-order valence-electron chi connectivity index (χ1n) is 13.1. The van der Waals surface area contributed by atoms with Crippen LogP contribution < -0.4 is 0 Å². The van der Waals surface area contributed by atoms with Crippen LogP contribution in [0.5, 0.6) is 0 Å². The van der Waals surface area contributed by atoms with E-state index in [1.165, 1.54) is 77.0 Å². The van der Waals surface area contributed by atoms with Gasteiger partial charge in [0.05, 0.1) is 48.8 Å². The second-order valence-electron chi connectivity index (χ2n) is 10.9. The molecule has 8 atom stereocenters. The van der Waals surface area contributed by atoms with Gasteiger partial charge in [-0.25, -0.2) is 0 Å². The van der Waals surface area contributed by atoms with Gasteiger partial charge in [-0.05, 0) is 91.9 Å². The Bertz CT molecular complexity index is 439. The molecule has 0 aromatic heterocycles. The average Bonchev–Trinajstić information content (AvgIpc) is 3.49. The van der Waals surface area contributed by atoms with Crippen molar-refractivity contribution in [1.29, 1.82) is 0 Å². The largest absolute Gasteiger partial charge is 0.375 e. The molecule has 4 heteroatoms. The molecule has 0 aromatic rings. The minimum atomic E-state index is 0.407. The third-order valence-corrected chi connectivity index (χ3v) is 8.29. The van der Waals surface area contributed by atoms with E-state index < -0.39 is 0 Å². The van der Waals surface area contributed by atoms with Crippen LogP contribution in [-0.4, -0.2) is 48.8 Å². The molecule has 4 aliphatic rings. The molecular weight excluding hydrogens is 376 g/mol. The molecule has 0 saturated carbocycles. The van der Waals surface area contributed by atoms with Crippen molar-refractivity contribution in [2.24, 2.45) is 11.8 Å². The normalized spacial score (nSPS) is 44.0. The van der Waals surface area contributed by atoms with Crippen LogP contribution in [0.2, 0.25) is 0 Å². The Balaban J connectivity index is 1.29. The van der Waals surface area contributed by atoms with E-state index in [1.807, 2.05) is 0 Å². The van der Waals surface area contributed by atoms with Crippen LogP contribution in [0, 0.1) is 11.8 Å². The minimum absolute atomic E-state index is 0.407. The molecule has 4 heterocycles. The predicted octanol–water partition coefficient (Wildman–Crippen LogP) is 6.05. The smallest absolute Gasteiger partial charge is 0.0632 e. The van der Waals surface area contributed by atoms with Crippen molar-refractivity contribution in [1.82, 2.24) is 0 Å². The number of hydrogen-bond donors (Lipinski definition) is 0. The first-order chi connectivity index (χ1) is 14.5. The monoisotopic (exact) mass is 422 g/mol. The van der Waals surface area contributed by atoms with E-state index in [4.69, 9.17) is 18.9 Å². The molecule has 30 heavy (non-hydrogen) atoms. The fourth-order valence-corrected chi connectivity index (χ4v) is 6.58. The quantitative estimate of drug-likeness (QED) is 0.424. The van der Waals surface area contributed by atoms with Crippen LogP contribution in [0.4, 0.5) is 0 Å². The maximum atomic E-state index is 6.32. The fraction of sp³-hybridized carbons (Fsp3) is 1.00. The van der Waals surface area contributed by atoms with Crippen molar-refractivity contribution in [3.63, 3.8) is 0 Å². The lowest BCUT2D eigenvalue weighted by atomic mass is 9.84. The first-order valence-corrected chi connectivity index (χ1v) is 13.1. The summed E-state index contributed by atoms with van der Waals surface area (Å²) in [6.45, 7) is 8.91. The Kier molecular flexibility index (Phi) is 8.16. The van der Waals surface area contributed by atoms with E-state index in [0.29, 0.717) is 60.7 Å². The van der Waals surface area contributed by atoms with E-state index in [2.05, 4.69) is 27.7 Å². The molecule has 4 fully saturated rings. The van der Waals surface area contributed by atoms with E-state index >= 15 is 0 Å². The summed E-state index contributed by atoms with van der Waals surface area (Å²) in [7, 11) is 0. The Hall–Kier alpha value is -0.160. The molecule has 0 spiro atoms. The molecule has 0 aromatic carbocycles. The van der Waals surface area contributed by atoms with Gasteiger partial charge in [-0.2, -0.15) is 0 Å². The number of unbranched alkanes of at least 4 members (excludes halogenated alkanes) is 1. The summed E-state index contributed by atoms with van der Waals surface area (Å²) in [4.78, 5) is 0. The molecule has 4 nitrogen and oxygen atoms in total. The first kappa shape index (κ1) is 23.0. The maximum absolute atomic E-state index is 6.32. The lowest BCUT2D eigenvalue weighted by molar-refractivity contribution is -0.0607. The minimum Gasteiger partial charge on any atom is -0.375 e. The van der Waals surface area contributed by atoms with Gasteiger partial charge in [-0.15, -0.1) is 0 Å². The van der Waals surface area contributed by atoms with Crippen LogP contribution in [0.1, 0.15) is 105 Å². The van der Waals surface area contributed by atoms with Crippen molar-refractivity contribution in [3.05, 3.63) is 0 Å². The summed E-state index contributed by atoms with van der Waals surface area (Å²) in [5.41, 5.74) is 0. The van der Waals surface area contributed by atoms with Gasteiger partial charge >= 0.3 is 0 Å². The molecule has 0 aliphatic carbocycles. The van der Waals surface area contributed by atoms with Crippen molar-refractivity contribution < 1.29 is 18.9 Å². The van der Waals surface area contributed by atoms with Gasteiger partial charge in [-0.3, -0.25) is 0 Å². The van der Waals surface area contributed by atoms with E-state index in [1.54, 1.807) is 0 Å². The molecule has 4 rings (SSSR count). The highest BCUT2D eigenvalue weighted by Gasteiger charge is 2.40. The number of ether oxygens (including phenoxy) is 4. The van der Waals surface area contributed by atoms with Crippen molar-refractivity contribution in [2.75, 3.05) is 0 Å². The summed E-state index contributed by atoms with van der Waals surface area (Å²) < 4.78 is 25.3. The zero-order valence-corrected chi connectivity index (χ0v) is 19.9. The molecule has 4 saturated heterocycles. The Morgan fingerprint density at radius 2 is 0.733 bits per heavy atom. The Labute approximate surface area is 184 Å². The van der Waals surface area contributed by atoms with Gasteiger partial charge in [0.2, 0.25) is 0 Å². The van der Waals surface area contributed by atoms with Gasteiger partial charge in [-0.1, -0.05) is 12.8 Å². The van der Waals surface area contributed by atoms with Gasteiger partial charge in [0.1, 0.15) is 0 Å². The van der Waals surface area contributed by atoms with Gasteiger partial charge in [0.15, 0.2) is 0 Å². The van der Waals surface area contributed by atoms with E-state index in [-0.39, 0.29) is 0 Å². The second-order valence-corrected chi connectivity index (χ2v) is 10.9. The lowest BCUT2D eigenvalue weighted by Crippen LogP contribution is -2.33. The summed E-state index contributed by atoms with van der Waals surface area (Å²) in [5.74, 6) is 1.15. The average molecular weight is 423 g/mol. The number of rotatable bonds is 9. The highest BCUT2D eigenvalue weighted by Crippen LogP contribution is 2.39. The van der Waals surface area contributed by atoms with Crippen molar-refractivity contribution in [3.8, 4) is 0 Å². The SMILES string of the molecule is CC1CCC(C(CCCCC(C2CCC(C)O2)C2CCC(C)O2)C2CCC(C)O2)O1. The van der Waals surface area contributed by atoms with E-state index in [9.17, 15) is 0 Å². The zero-order chi connectivity index (χ0) is 21.1. The fourth-order valence-electron chi connectivity index (χ4n) is 6.58. The molecule has 0 N–H and O–H groups in total. The maximum Gasteiger partial charge on any atom is 0.0632 e. The highest BCUT2D eigenvalue weighted by molar-refractivity contribution is 4.89. The van der Waals surface area contributed by atoms with Crippen LogP contribution in [0.3, 0.4) is 0 Å². The lowest BCUT2D eigenvalue weighted by Gasteiger charge is -2.31. The Morgan fingerprint density at radius 1 is 0.467 bits per heavy atom. The molecule has 0 bridgehead atoms. The zero-order valence-electron chi connectivity index (χ0n) is 19.9. The molecule has 8 unspecified atom stereocenters. The molecule has 0 radical (unpaired) electrons. The van der Waals surface area contributed by atoms with Crippen molar-refractivity contribution >= 4 is 0 Å². The predicted molar refractivity (Wildman–Crippen MR) is 120 cm³/mol. The van der Waals surface area contributed by atoms with Crippen LogP contribution >= 0.6 is 0 Å². The summed E-state index contributed by atoms with van der Waals surface area (Å²) in [6, 6.07) is 0. The molecule has 0 amide bonds. The number of hydrogen-bond acceptors (Lipinski definition) is 4. The summed E-state index contributed by atoms with van der Waals surface area (Å²) in [6.07, 6.45) is 18.0. The Morgan fingerprint density at radius 3 is 0.933 bits per heavy atom. The third-order valence-electron chi connectivity index (χ3n) is 8.29. The molecular formula is C26H46O4. The van der Waals surface area contributed by atoms with Crippen molar-refractivity contribution in [2.45, 2.75) is 154 Å². The van der Waals surface area contributed by atoms with Crippen LogP contribution in [0.15, 0.2) is 0 Å². The topological polar surface area (TPSA) is 36.9 Å². The van der Waals surface area contributed by atoms with Gasteiger partial charge < -0.3 is 18.9 Å². The second kappa shape index (κ2) is 10.6. The van der Waals surface area contributed by atoms with Gasteiger partial charge in [0.25, 0.3) is 0 Å². The van der Waals surface area contributed by atoms with Gasteiger partial charge in [0, 0.05) is 11.8 Å². The summed E-state index contributed by atoms with van der Waals surface area (Å²) >= 11 is 0. The summed E-state index contributed by atoms with van der Waals surface area (Å²) in [5, 5.41) is 0. The van der Waals surface area contributed by atoms with Crippen LogP contribution in [-0.2, 0) is 18.9 Å². The third kappa shape index (κ3) is 5.79. The molecule has 174 valence electrons. The highest BCUT2D eigenvalue weighted by atomic mass is 16.5. The molecule has 4 aliphatic heterocycles. The standard InChI is InChI=1S/C26H46O4/c1-17-9-13-23(27-17)21(24-14-10-18(2)28-24)7-5-6-8-22(25-15-11-19(3)29-25)26-16-12-20(4)30-26/h17-26H,5-16H2,1-4H3. The van der Waals surface area contributed by atoms with E-state index in [0.717, 1.165) is 0 Å². The van der Waals surface area contributed by atoms with Crippen LogP contribution in [0.25, 0.3) is 0 Å².